The van der Waals surface area contributed by atoms with Crippen molar-refractivity contribution in [3.63, 3.8) is 0 Å². The number of thiophene rings is 1. The van der Waals surface area contributed by atoms with Gasteiger partial charge < -0.3 is 5.32 Å². The fourth-order valence-corrected chi connectivity index (χ4v) is 4.65. The van der Waals surface area contributed by atoms with Gasteiger partial charge in [0.05, 0.1) is 16.3 Å². The lowest BCUT2D eigenvalue weighted by Gasteiger charge is -2.08. The van der Waals surface area contributed by atoms with Gasteiger partial charge in [-0.15, -0.1) is 11.3 Å². The Bertz CT molecular complexity index is 1440. The first kappa shape index (κ1) is 22.0. The molecule has 0 aliphatic rings. The highest BCUT2D eigenvalue weighted by Gasteiger charge is 2.15. The molecule has 1 amide bonds. The minimum atomic E-state index is -0.0632. The lowest BCUT2D eigenvalue weighted by Crippen LogP contribution is -2.24. The first-order chi connectivity index (χ1) is 16.7. The van der Waals surface area contributed by atoms with Crippen molar-refractivity contribution in [2.45, 2.75) is 19.5 Å². The lowest BCUT2D eigenvalue weighted by atomic mass is 10.1. The van der Waals surface area contributed by atoms with Crippen LogP contribution in [-0.2, 0) is 17.9 Å². The average molecular weight is 487 g/mol. The summed E-state index contributed by atoms with van der Waals surface area (Å²) >= 11 is 6.95. The van der Waals surface area contributed by atoms with Crippen molar-refractivity contribution in [1.82, 2.24) is 29.9 Å². The van der Waals surface area contributed by atoms with E-state index in [0.717, 1.165) is 33.2 Å². The fourth-order valence-electron chi connectivity index (χ4n) is 3.71. The Labute approximate surface area is 205 Å². The zero-order chi connectivity index (χ0) is 23.3. The van der Waals surface area contributed by atoms with Gasteiger partial charge in [-0.2, -0.15) is 10.2 Å². The molecule has 0 bridgehead atoms. The summed E-state index contributed by atoms with van der Waals surface area (Å²) in [6, 6.07) is 23.9. The second kappa shape index (κ2) is 9.98. The van der Waals surface area contributed by atoms with E-state index in [0.29, 0.717) is 24.3 Å². The fraction of sp³-hybridized carbons (Fsp3) is 0.120. The van der Waals surface area contributed by atoms with Crippen LogP contribution < -0.4 is 5.32 Å². The van der Waals surface area contributed by atoms with E-state index in [4.69, 9.17) is 17.3 Å². The molecule has 0 fully saturated rings. The number of hydrogen-bond acceptors (Lipinski definition) is 5. The molecule has 7 nitrogen and oxygen atoms in total. The summed E-state index contributed by atoms with van der Waals surface area (Å²) in [5.74, 6) is 0.690. The molecule has 34 heavy (non-hydrogen) atoms. The summed E-state index contributed by atoms with van der Waals surface area (Å²) in [6.45, 7) is 0.827. The van der Waals surface area contributed by atoms with E-state index < -0.39 is 0 Å². The first-order valence-corrected chi connectivity index (χ1v) is 12.1. The molecule has 5 aromatic rings. The predicted molar refractivity (Wildman–Crippen MR) is 136 cm³/mol. The molecule has 0 spiro atoms. The molecule has 0 saturated carbocycles. The van der Waals surface area contributed by atoms with Crippen LogP contribution in [0.4, 0.5) is 0 Å². The maximum absolute atomic E-state index is 12.7. The summed E-state index contributed by atoms with van der Waals surface area (Å²) in [7, 11) is 0. The lowest BCUT2D eigenvalue weighted by molar-refractivity contribution is -0.121. The Morgan fingerprint density at radius 2 is 1.79 bits per heavy atom. The number of carbonyl (C=O) groups is 1. The summed E-state index contributed by atoms with van der Waals surface area (Å²) in [5, 5.41) is 17.0. The van der Waals surface area contributed by atoms with Gasteiger partial charge >= 0.3 is 0 Å². The number of nitrogens with one attached hydrogen (secondary N) is 2. The van der Waals surface area contributed by atoms with Gasteiger partial charge in [-0.05, 0) is 35.8 Å². The molecule has 0 aliphatic heterocycles. The smallest absolute Gasteiger partial charge is 0.222 e. The van der Waals surface area contributed by atoms with Gasteiger partial charge in [-0.1, -0.05) is 54.6 Å². The van der Waals surface area contributed by atoms with E-state index in [1.54, 1.807) is 11.3 Å². The minimum Gasteiger partial charge on any atom is -0.352 e. The number of carbonyl (C=O) groups excluding carboxylic acids is 1. The Hall–Kier alpha value is -3.82. The van der Waals surface area contributed by atoms with Crippen LogP contribution in [0.5, 0.6) is 0 Å². The number of rotatable bonds is 8. The monoisotopic (exact) mass is 486 g/mol. The third kappa shape index (κ3) is 4.75. The third-order valence-corrected chi connectivity index (χ3v) is 6.57. The van der Waals surface area contributed by atoms with Crippen LogP contribution in [0.25, 0.3) is 27.6 Å². The Morgan fingerprint density at radius 3 is 2.53 bits per heavy atom. The SMILES string of the molecule is O=C(CCn1c(-c2cccs2)n[nH]c1=S)NCc1cn(-c2ccccc2)nc1-c1ccccc1. The number of para-hydroxylation sites is 1. The van der Waals surface area contributed by atoms with Gasteiger partial charge in [-0.3, -0.25) is 14.5 Å². The highest BCUT2D eigenvalue weighted by molar-refractivity contribution is 7.71. The number of aromatic nitrogens is 5. The second-order valence-electron chi connectivity index (χ2n) is 7.66. The van der Waals surface area contributed by atoms with E-state index in [-0.39, 0.29) is 5.91 Å². The van der Waals surface area contributed by atoms with Crippen LogP contribution >= 0.6 is 23.6 Å². The number of H-pyrrole nitrogens is 1. The summed E-state index contributed by atoms with van der Waals surface area (Å²) < 4.78 is 4.22. The van der Waals surface area contributed by atoms with Crippen molar-refractivity contribution >= 4 is 29.5 Å². The molecule has 0 unspecified atom stereocenters. The van der Waals surface area contributed by atoms with Crippen molar-refractivity contribution in [2.75, 3.05) is 0 Å². The van der Waals surface area contributed by atoms with Crippen LogP contribution in [0.3, 0.4) is 0 Å². The predicted octanol–water partition coefficient (Wildman–Crippen LogP) is 5.23. The van der Waals surface area contributed by atoms with Crippen molar-refractivity contribution < 1.29 is 4.79 Å². The van der Waals surface area contributed by atoms with E-state index >= 15 is 0 Å². The van der Waals surface area contributed by atoms with Crippen molar-refractivity contribution in [2.24, 2.45) is 0 Å². The maximum atomic E-state index is 12.7. The van der Waals surface area contributed by atoms with Crippen molar-refractivity contribution in [3.05, 3.63) is 94.7 Å². The molecule has 3 heterocycles. The molecule has 0 atom stereocenters. The highest BCUT2D eigenvalue weighted by atomic mass is 32.1. The molecule has 9 heteroatoms. The molecular weight excluding hydrogens is 464 g/mol. The van der Waals surface area contributed by atoms with Crippen LogP contribution in [-0.4, -0.2) is 30.5 Å². The molecule has 2 aromatic carbocycles. The maximum Gasteiger partial charge on any atom is 0.222 e. The van der Waals surface area contributed by atoms with Crippen LogP contribution in [0.15, 0.2) is 84.4 Å². The zero-order valence-corrected chi connectivity index (χ0v) is 19.9. The zero-order valence-electron chi connectivity index (χ0n) is 18.2. The standard InChI is InChI=1S/C25H22N6OS2/c32-22(13-14-30-24(27-28-25(30)33)21-12-7-15-34-21)26-16-19-17-31(20-10-5-2-6-11-20)29-23(19)18-8-3-1-4-9-18/h1-12,15,17H,13-14,16H2,(H,26,32)(H,28,33). The number of nitrogens with zero attached hydrogens (tertiary/aromatic N) is 4. The normalized spacial score (nSPS) is 10.9. The van der Waals surface area contributed by atoms with E-state index in [9.17, 15) is 4.79 Å². The molecular formula is C25H22N6OS2. The Morgan fingerprint density at radius 1 is 1.03 bits per heavy atom. The van der Waals surface area contributed by atoms with Gasteiger partial charge in [-0.25, -0.2) is 4.68 Å². The molecule has 2 N–H and O–H groups in total. The molecule has 0 aliphatic carbocycles. The topological polar surface area (TPSA) is 80.5 Å². The van der Waals surface area contributed by atoms with Crippen LogP contribution in [0.1, 0.15) is 12.0 Å². The van der Waals surface area contributed by atoms with Gasteiger partial charge in [0.2, 0.25) is 5.91 Å². The number of amides is 1. The molecule has 0 radical (unpaired) electrons. The number of hydrogen-bond donors (Lipinski definition) is 2. The van der Waals surface area contributed by atoms with Crippen molar-refractivity contribution in [1.29, 1.82) is 0 Å². The van der Waals surface area contributed by atoms with E-state index in [1.807, 2.05) is 93.6 Å². The van der Waals surface area contributed by atoms with Crippen LogP contribution in [0, 0.1) is 4.77 Å². The van der Waals surface area contributed by atoms with Crippen LogP contribution in [0.2, 0.25) is 0 Å². The van der Waals surface area contributed by atoms with E-state index in [1.165, 1.54) is 0 Å². The second-order valence-corrected chi connectivity index (χ2v) is 8.99. The number of benzene rings is 2. The Kier molecular flexibility index (Phi) is 6.46. The summed E-state index contributed by atoms with van der Waals surface area (Å²) in [6.07, 6.45) is 2.26. The molecule has 170 valence electrons. The Balaban J connectivity index is 1.30. The van der Waals surface area contributed by atoms with Gasteiger partial charge in [0.15, 0.2) is 10.6 Å². The van der Waals surface area contributed by atoms with Gasteiger partial charge in [0, 0.05) is 36.8 Å². The number of aromatic amines is 1. The molecule has 0 saturated heterocycles. The molecule has 5 rings (SSSR count). The van der Waals surface area contributed by atoms with E-state index in [2.05, 4.69) is 15.5 Å². The van der Waals surface area contributed by atoms with Gasteiger partial charge in [0.25, 0.3) is 0 Å². The average Bonchev–Trinajstić information content (AvgIpc) is 3.63. The highest BCUT2D eigenvalue weighted by Crippen LogP contribution is 2.24. The molecule has 3 aromatic heterocycles. The summed E-state index contributed by atoms with van der Waals surface area (Å²) in [4.78, 5) is 13.7. The minimum absolute atomic E-state index is 0.0632. The van der Waals surface area contributed by atoms with Crippen molar-refractivity contribution in [3.8, 4) is 27.6 Å². The largest absolute Gasteiger partial charge is 0.352 e. The third-order valence-electron chi connectivity index (χ3n) is 5.40. The quantitative estimate of drug-likeness (QED) is 0.294. The van der Waals surface area contributed by atoms with Gasteiger partial charge in [0.1, 0.15) is 0 Å². The summed E-state index contributed by atoms with van der Waals surface area (Å²) in [5.41, 5.74) is 3.77. The first-order valence-electron chi connectivity index (χ1n) is 10.8.